The van der Waals surface area contributed by atoms with Gasteiger partial charge in [0.25, 0.3) is 5.91 Å². The van der Waals surface area contributed by atoms with Crippen molar-refractivity contribution < 1.29 is 14.3 Å². The Morgan fingerprint density at radius 3 is 2.93 bits per heavy atom. The Labute approximate surface area is 158 Å². The molecule has 0 aliphatic carbocycles. The number of piperidine rings is 1. The smallest absolute Gasteiger partial charge is 0.276 e. The van der Waals surface area contributed by atoms with Gasteiger partial charge < -0.3 is 19.7 Å². The number of nitrogens with zero attached hydrogens (tertiary/aromatic N) is 4. The predicted molar refractivity (Wildman–Crippen MR) is 99.6 cm³/mol. The Morgan fingerprint density at radius 1 is 1.30 bits per heavy atom. The van der Waals surface area contributed by atoms with Gasteiger partial charge in [-0.3, -0.25) is 4.79 Å². The standard InChI is InChI=1S/C19H25N5O3/c1-13-18(19(25)23-7-3-4-14(12-23)11-20-2)21-22-24(13)15-5-6-16-17(10-15)27-9-8-26-16/h5-6,10,14,20H,3-4,7-9,11-12H2,1-2H3. The van der Waals surface area contributed by atoms with Crippen molar-refractivity contribution in [3.8, 4) is 17.2 Å². The summed E-state index contributed by atoms with van der Waals surface area (Å²) in [5.74, 6) is 1.85. The molecule has 1 aromatic heterocycles. The molecule has 144 valence electrons. The lowest BCUT2D eigenvalue weighted by molar-refractivity contribution is 0.0667. The molecule has 4 rings (SSSR count). The quantitative estimate of drug-likeness (QED) is 0.875. The minimum atomic E-state index is -0.0444. The van der Waals surface area contributed by atoms with E-state index in [1.807, 2.05) is 37.1 Å². The Bertz CT molecular complexity index is 833. The highest BCUT2D eigenvalue weighted by Gasteiger charge is 2.28. The van der Waals surface area contributed by atoms with Crippen molar-refractivity contribution in [1.82, 2.24) is 25.2 Å². The van der Waals surface area contributed by atoms with E-state index in [0.29, 0.717) is 30.6 Å². The second-order valence-electron chi connectivity index (χ2n) is 7.08. The zero-order valence-electron chi connectivity index (χ0n) is 15.8. The zero-order valence-corrected chi connectivity index (χ0v) is 15.8. The molecule has 2 aliphatic heterocycles. The lowest BCUT2D eigenvalue weighted by Crippen LogP contribution is -2.42. The van der Waals surface area contributed by atoms with Gasteiger partial charge in [0.2, 0.25) is 0 Å². The number of amides is 1. The third-order valence-corrected chi connectivity index (χ3v) is 5.17. The highest BCUT2D eigenvalue weighted by atomic mass is 16.6. The lowest BCUT2D eigenvalue weighted by atomic mass is 9.97. The minimum absolute atomic E-state index is 0.0444. The molecule has 0 bridgehead atoms. The molecule has 0 radical (unpaired) electrons. The van der Waals surface area contributed by atoms with Crippen molar-refractivity contribution in [3.63, 3.8) is 0 Å². The summed E-state index contributed by atoms with van der Waals surface area (Å²) in [6.07, 6.45) is 2.17. The maximum atomic E-state index is 13.0. The predicted octanol–water partition coefficient (Wildman–Crippen LogP) is 1.42. The second kappa shape index (κ2) is 7.56. The van der Waals surface area contributed by atoms with Gasteiger partial charge in [0.15, 0.2) is 17.2 Å². The van der Waals surface area contributed by atoms with E-state index in [0.717, 1.165) is 49.6 Å². The average molecular weight is 371 g/mol. The van der Waals surface area contributed by atoms with Crippen molar-refractivity contribution in [2.45, 2.75) is 19.8 Å². The molecule has 1 amide bonds. The van der Waals surface area contributed by atoms with Crippen LogP contribution in [0.4, 0.5) is 0 Å². The van der Waals surface area contributed by atoms with E-state index in [1.165, 1.54) is 0 Å². The Morgan fingerprint density at radius 2 is 2.11 bits per heavy atom. The SMILES string of the molecule is CNCC1CCCN(C(=O)c2nnn(-c3ccc4c(c3)OCCO4)c2C)C1. The summed E-state index contributed by atoms with van der Waals surface area (Å²) >= 11 is 0. The summed E-state index contributed by atoms with van der Waals surface area (Å²) in [7, 11) is 1.95. The first-order chi connectivity index (χ1) is 13.2. The Balaban J connectivity index is 1.56. The molecule has 1 saturated heterocycles. The van der Waals surface area contributed by atoms with Crippen molar-refractivity contribution in [2.75, 3.05) is 39.9 Å². The van der Waals surface area contributed by atoms with Gasteiger partial charge in [-0.1, -0.05) is 5.21 Å². The molecule has 8 heteroatoms. The fraction of sp³-hybridized carbons (Fsp3) is 0.526. The number of ether oxygens (including phenoxy) is 2. The maximum Gasteiger partial charge on any atom is 0.276 e. The van der Waals surface area contributed by atoms with Crippen LogP contribution in [0.15, 0.2) is 18.2 Å². The van der Waals surface area contributed by atoms with E-state index < -0.39 is 0 Å². The summed E-state index contributed by atoms with van der Waals surface area (Å²) in [4.78, 5) is 14.9. The van der Waals surface area contributed by atoms with Crippen molar-refractivity contribution in [3.05, 3.63) is 29.6 Å². The number of hydrogen-bond acceptors (Lipinski definition) is 6. The molecule has 1 fully saturated rings. The normalized spacial score (nSPS) is 19.2. The van der Waals surface area contributed by atoms with E-state index in [9.17, 15) is 4.79 Å². The topological polar surface area (TPSA) is 81.5 Å². The van der Waals surface area contributed by atoms with Crippen LogP contribution >= 0.6 is 0 Å². The summed E-state index contributed by atoms with van der Waals surface area (Å²) in [5, 5.41) is 11.6. The Hall–Kier alpha value is -2.61. The first-order valence-electron chi connectivity index (χ1n) is 9.43. The summed E-state index contributed by atoms with van der Waals surface area (Å²) in [6.45, 7) is 5.41. The molecule has 0 saturated carbocycles. The molecule has 2 aliphatic rings. The number of likely N-dealkylation sites (tertiary alicyclic amines) is 1. The molecular formula is C19H25N5O3. The average Bonchev–Trinajstić information content (AvgIpc) is 3.09. The third-order valence-electron chi connectivity index (χ3n) is 5.17. The van der Waals surface area contributed by atoms with Crippen LogP contribution in [-0.2, 0) is 0 Å². The monoisotopic (exact) mass is 371 g/mol. The first kappa shape index (κ1) is 17.8. The first-order valence-corrected chi connectivity index (χ1v) is 9.43. The van der Waals surface area contributed by atoms with E-state index in [-0.39, 0.29) is 5.91 Å². The van der Waals surface area contributed by atoms with Gasteiger partial charge in [-0.25, -0.2) is 4.68 Å². The van der Waals surface area contributed by atoms with E-state index >= 15 is 0 Å². The van der Waals surface area contributed by atoms with Gasteiger partial charge in [0, 0.05) is 19.2 Å². The van der Waals surface area contributed by atoms with Gasteiger partial charge in [0.1, 0.15) is 13.2 Å². The number of benzene rings is 1. The molecule has 27 heavy (non-hydrogen) atoms. The van der Waals surface area contributed by atoms with Gasteiger partial charge >= 0.3 is 0 Å². The molecule has 1 unspecified atom stereocenters. The van der Waals surface area contributed by atoms with Crippen molar-refractivity contribution >= 4 is 5.91 Å². The van der Waals surface area contributed by atoms with Crippen molar-refractivity contribution in [2.24, 2.45) is 5.92 Å². The van der Waals surface area contributed by atoms with Gasteiger partial charge in [-0.05, 0) is 51.4 Å². The lowest BCUT2D eigenvalue weighted by Gasteiger charge is -2.32. The van der Waals surface area contributed by atoms with Crippen LogP contribution in [0.2, 0.25) is 0 Å². The molecule has 1 aromatic carbocycles. The number of carbonyl (C=O) groups is 1. The minimum Gasteiger partial charge on any atom is -0.486 e. The molecule has 2 aromatic rings. The van der Waals surface area contributed by atoms with Crippen LogP contribution in [0.3, 0.4) is 0 Å². The van der Waals surface area contributed by atoms with Crippen molar-refractivity contribution in [1.29, 1.82) is 0 Å². The fourth-order valence-electron chi connectivity index (χ4n) is 3.79. The van der Waals surface area contributed by atoms with Gasteiger partial charge in [-0.15, -0.1) is 5.10 Å². The number of hydrogen-bond donors (Lipinski definition) is 1. The van der Waals surface area contributed by atoms with Crippen LogP contribution in [0.1, 0.15) is 29.0 Å². The number of aromatic nitrogens is 3. The van der Waals surface area contributed by atoms with E-state index in [1.54, 1.807) is 4.68 Å². The fourth-order valence-corrected chi connectivity index (χ4v) is 3.79. The largest absolute Gasteiger partial charge is 0.486 e. The molecule has 1 atom stereocenters. The van der Waals surface area contributed by atoms with Gasteiger partial charge in [-0.2, -0.15) is 0 Å². The number of nitrogens with one attached hydrogen (secondary N) is 1. The molecule has 1 N–H and O–H groups in total. The summed E-state index contributed by atoms with van der Waals surface area (Å²) in [5.41, 5.74) is 1.94. The van der Waals surface area contributed by atoms with E-state index in [2.05, 4.69) is 15.6 Å². The molecule has 0 spiro atoms. The van der Waals surface area contributed by atoms with Crippen LogP contribution < -0.4 is 14.8 Å². The van der Waals surface area contributed by atoms with Crippen LogP contribution in [0.5, 0.6) is 11.5 Å². The van der Waals surface area contributed by atoms with Gasteiger partial charge in [0.05, 0.1) is 11.4 Å². The number of rotatable bonds is 4. The second-order valence-corrected chi connectivity index (χ2v) is 7.08. The molecule has 3 heterocycles. The number of fused-ring (bicyclic) bond motifs is 1. The Kier molecular flexibility index (Phi) is 4.98. The highest BCUT2D eigenvalue weighted by molar-refractivity contribution is 5.93. The van der Waals surface area contributed by atoms with Crippen LogP contribution in [0.25, 0.3) is 5.69 Å². The number of carbonyl (C=O) groups excluding carboxylic acids is 1. The van der Waals surface area contributed by atoms with E-state index in [4.69, 9.17) is 9.47 Å². The summed E-state index contributed by atoms with van der Waals surface area (Å²) in [6, 6.07) is 5.63. The zero-order chi connectivity index (χ0) is 18.8. The van der Waals surface area contributed by atoms with Crippen LogP contribution in [0, 0.1) is 12.8 Å². The summed E-state index contributed by atoms with van der Waals surface area (Å²) < 4.78 is 12.9. The highest BCUT2D eigenvalue weighted by Crippen LogP contribution is 2.32. The van der Waals surface area contributed by atoms with Crippen LogP contribution in [-0.4, -0.2) is 65.7 Å². The molecular weight excluding hydrogens is 346 g/mol. The maximum absolute atomic E-state index is 13.0. The molecule has 8 nitrogen and oxygen atoms in total. The third kappa shape index (κ3) is 3.49.